The molecule has 0 aliphatic heterocycles. The van der Waals surface area contributed by atoms with Gasteiger partial charge in [-0.15, -0.1) is 0 Å². The number of nitrogens with one attached hydrogen (secondary N) is 1. The first-order chi connectivity index (χ1) is 10.9. The summed E-state index contributed by atoms with van der Waals surface area (Å²) in [5, 5.41) is 0.348. The van der Waals surface area contributed by atoms with E-state index >= 15 is 0 Å². The zero-order valence-corrected chi connectivity index (χ0v) is 12.4. The fraction of sp³-hybridized carbons (Fsp3) is 0. The Bertz CT molecular complexity index is 1010. The highest BCUT2D eigenvalue weighted by Gasteiger charge is 2.25. The molecule has 0 aliphatic carbocycles. The predicted molar refractivity (Wildman–Crippen MR) is 81.9 cm³/mol. The summed E-state index contributed by atoms with van der Waals surface area (Å²) < 4.78 is 46.0. The third kappa shape index (κ3) is 2.64. The molecule has 0 fully saturated rings. The van der Waals surface area contributed by atoms with Gasteiger partial charge in [0, 0.05) is 5.39 Å². The van der Waals surface area contributed by atoms with Crippen molar-refractivity contribution in [1.82, 2.24) is 0 Å². The molecule has 0 spiro atoms. The van der Waals surface area contributed by atoms with Crippen molar-refractivity contribution >= 4 is 32.6 Å². The minimum atomic E-state index is -4.25. The average Bonchev–Trinajstić information content (AvgIpc) is 2.86. The standard InChI is InChI=1S/C15H11FN2O4S/c16-10-6-2-4-8-12(10)23(20,21)18-13-9-5-1-3-7-11(9)22-14(13)15(17)19/h1-8,18H,(H2,17,19). The summed E-state index contributed by atoms with van der Waals surface area (Å²) >= 11 is 0. The van der Waals surface area contributed by atoms with Crippen LogP contribution in [0.5, 0.6) is 0 Å². The molecule has 1 amide bonds. The predicted octanol–water partition coefficient (Wildman–Crippen LogP) is 2.47. The van der Waals surface area contributed by atoms with Crippen molar-refractivity contribution in [1.29, 1.82) is 0 Å². The third-order valence-electron chi connectivity index (χ3n) is 3.18. The number of amides is 1. The van der Waals surface area contributed by atoms with E-state index in [0.29, 0.717) is 5.39 Å². The minimum absolute atomic E-state index is 0.114. The van der Waals surface area contributed by atoms with Crippen LogP contribution in [0.3, 0.4) is 0 Å². The zero-order valence-electron chi connectivity index (χ0n) is 11.6. The monoisotopic (exact) mass is 334 g/mol. The summed E-state index contributed by atoms with van der Waals surface area (Å²) in [5.41, 5.74) is 5.39. The van der Waals surface area contributed by atoms with Gasteiger partial charge in [-0.2, -0.15) is 0 Å². The van der Waals surface area contributed by atoms with E-state index in [1.54, 1.807) is 24.3 Å². The molecular formula is C15H11FN2O4S. The molecular weight excluding hydrogens is 323 g/mol. The highest BCUT2D eigenvalue weighted by Crippen LogP contribution is 2.32. The van der Waals surface area contributed by atoms with Crippen LogP contribution in [-0.4, -0.2) is 14.3 Å². The van der Waals surface area contributed by atoms with Gasteiger partial charge in [0.05, 0.1) is 0 Å². The maximum absolute atomic E-state index is 13.8. The van der Waals surface area contributed by atoms with Gasteiger partial charge in [0.2, 0.25) is 5.76 Å². The van der Waals surface area contributed by atoms with E-state index in [4.69, 9.17) is 10.2 Å². The fourth-order valence-electron chi connectivity index (χ4n) is 2.17. The van der Waals surface area contributed by atoms with Crippen LogP contribution in [0.4, 0.5) is 10.1 Å². The van der Waals surface area contributed by atoms with E-state index in [9.17, 15) is 17.6 Å². The molecule has 0 atom stereocenters. The van der Waals surface area contributed by atoms with Crippen LogP contribution in [0.1, 0.15) is 10.6 Å². The van der Waals surface area contributed by atoms with Gasteiger partial charge in [-0.25, -0.2) is 12.8 Å². The summed E-state index contributed by atoms with van der Waals surface area (Å²) in [6, 6.07) is 11.3. The van der Waals surface area contributed by atoms with Crippen molar-refractivity contribution in [2.45, 2.75) is 4.90 Å². The Balaban J connectivity index is 2.16. The SMILES string of the molecule is NC(=O)c1oc2ccccc2c1NS(=O)(=O)c1ccccc1F. The van der Waals surface area contributed by atoms with Crippen molar-refractivity contribution in [2.24, 2.45) is 5.73 Å². The van der Waals surface area contributed by atoms with Gasteiger partial charge >= 0.3 is 0 Å². The number of carbonyl (C=O) groups is 1. The van der Waals surface area contributed by atoms with Gasteiger partial charge in [-0.3, -0.25) is 9.52 Å². The minimum Gasteiger partial charge on any atom is -0.449 e. The quantitative estimate of drug-likeness (QED) is 0.765. The number of halogens is 1. The summed E-state index contributed by atoms with van der Waals surface area (Å²) in [4.78, 5) is 11.0. The Morgan fingerprint density at radius 1 is 1.09 bits per heavy atom. The number of carbonyl (C=O) groups excluding carboxylic acids is 1. The average molecular weight is 334 g/mol. The number of hydrogen-bond acceptors (Lipinski definition) is 4. The molecule has 2 aromatic carbocycles. The van der Waals surface area contributed by atoms with E-state index in [-0.39, 0.29) is 17.0 Å². The maximum Gasteiger partial charge on any atom is 0.286 e. The fourth-order valence-corrected chi connectivity index (χ4v) is 3.34. The molecule has 3 aromatic rings. The van der Waals surface area contributed by atoms with Crippen LogP contribution in [0.15, 0.2) is 57.8 Å². The van der Waals surface area contributed by atoms with Crippen molar-refractivity contribution in [3.8, 4) is 0 Å². The molecule has 6 nitrogen and oxygen atoms in total. The molecule has 3 rings (SSSR count). The van der Waals surface area contributed by atoms with E-state index in [0.717, 1.165) is 12.1 Å². The zero-order chi connectivity index (χ0) is 16.6. The second-order valence-electron chi connectivity index (χ2n) is 4.70. The normalized spacial score (nSPS) is 11.5. The lowest BCUT2D eigenvalue weighted by Gasteiger charge is -2.08. The molecule has 23 heavy (non-hydrogen) atoms. The number of hydrogen-bond donors (Lipinski definition) is 2. The lowest BCUT2D eigenvalue weighted by atomic mass is 10.2. The first-order valence-electron chi connectivity index (χ1n) is 6.49. The molecule has 0 saturated heterocycles. The lowest BCUT2D eigenvalue weighted by Crippen LogP contribution is -2.18. The van der Waals surface area contributed by atoms with Gasteiger partial charge in [-0.1, -0.05) is 24.3 Å². The van der Waals surface area contributed by atoms with Gasteiger partial charge in [0.25, 0.3) is 15.9 Å². The van der Waals surface area contributed by atoms with E-state index < -0.39 is 26.6 Å². The molecule has 1 aromatic heterocycles. The molecule has 3 N–H and O–H groups in total. The largest absolute Gasteiger partial charge is 0.449 e. The number of fused-ring (bicyclic) bond motifs is 1. The van der Waals surface area contributed by atoms with E-state index in [1.807, 2.05) is 0 Å². The number of benzene rings is 2. The number of sulfonamides is 1. The Hall–Kier alpha value is -2.87. The lowest BCUT2D eigenvalue weighted by molar-refractivity contribution is 0.0977. The molecule has 0 radical (unpaired) electrons. The smallest absolute Gasteiger partial charge is 0.286 e. The number of furan rings is 1. The number of para-hydroxylation sites is 1. The first kappa shape index (κ1) is 15.0. The summed E-state index contributed by atoms with van der Waals surface area (Å²) in [7, 11) is -4.25. The highest BCUT2D eigenvalue weighted by molar-refractivity contribution is 7.92. The Morgan fingerprint density at radius 3 is 2.43 bits per heavy atom. The Morgan fingerprint density at radius 2 is 1.74 bits per heavy atom. The number of rotatable bonds is 4. The van der Waals surface area contributed by atoms with Crippen LogP contribution in [0.2, 0.25) is 0 Å². The van der Waals surface area contributed by atoms with Crippen molar-refractivity contribution in [3.63, 3.8) is 0 Å². The molecule has 0 unspecified atom stereocenters. The molecule has 0 bridgehead atoms. The molecule has 8 heteroatoms. The first-order valence-corrected chi connectivity index (χ1v) is 7.97. The number of primary amides is 1. The second-order valence-corrected chi connectivity index (χ2v) is 6.35. The van der Waals surface area contributed by atoms with Gasteiger partial charge in [0.1, 0.15) is 22.0 Å². The maximum atomic E-state index is 13.8. The van der Waals surface area contributed by atoms with Gasteiger partial charge in [0.15, 0.2) is 0 Å². The van der Waals surface area contributed by atoms with Crippen LogP contribution >= 0.6 is 0 Å². The second kappa shape index (κ2) is 5.40. The number of nitrogens with two attached hydrogens (primary N) is 1. The van der Waals surface area contributed by atoms with Crippen LogP contribution in [-0.2, 0) is 10.0 Å². The molecule has 1 heterocycles. The van der Waals surface area contributed by atoms with Gasteiger partial charge < -0.3 is 10.2 Å². The van der Waals surface area contributed by atoms with Crippen LogP contribution in [0.25, 0.3) is 11.0 Å². The Labute approximate surface area is 130 Å². The van der Waals surface area contributed by atoms with Crippen molar-refractivity contribution in [2.75, 3.05) is 4.72 Å². The third-order valence-corrected chi connectivity index (χ3v) is 4.56. The Kier molecular flexibility index (Phi) is 3.53. The topological polar surface area (TPSA) is 102 Å². The molecule has 0 aliphatic rings. The van der Waals surface area contributed by atoms with E-state index in [2.05, 4.69) is 4.72 Å². The number of anilines is 1. The summed E-state index contributed by atoms with van der Waals surface area (Å²) in [6.07, 6.45) is 0. The van der Waals surface area contributed by atoms with Crippen molar-refractivity contribution in [3.05, 3.63) is 60.1 Å². The van der Waals surface area contributed by atoms with Crippen LogP contribution < -0.4 is 10.5 Å². The highest BCUT2D eigenvalue weighted by atomic mass is 32.2. The van der Waals surface area contributed by atoms with E-state index in [1.165, 1.54) is 12.1 Å². The molecule has 118 valence electrons. The molecule has 0 saturated carbocycles. The van der Waals surface area contributed by atoms with Crippen LogP contribution in [0, 0.1) is 5.82 Å². The summed E-state index contributed by atoms with van der Waals surface area (Å²) in [5.74, 6) is -2.19. The van der Waals surface area contributed by atoms with Gasteiger partial charge in [-0.05, 0) is 24.3 Å². The van der Waals surface area contributed by atoms with Crippen molar-refractivity contribution < 1.29 is 22.0 Å². The summed E-state index contributed by atoms with van der Waals surface area (Å²) in [6.45, 7) is 0.